The lowest BCUT2D eigenvalue weighted by molar-refractivity contribution is 0.0342. The second kappa shape index (κ2) is 12.8. The van der Waals surface area contributed by atoms with Crippen molar-refractivity contribution in [3.8, 4) is 0 Å². The summed E-state index contributed by atoms with van der Waals surface area (Å²) in [5, 5.41) is 6.72. The van der Waals surface area contributed by atoms with Crippen molar-refractivity contribution in [3.05, 3.63) is 35.4 Å². The van der Waals surface area contributed by atoms with Gasteiger partial charge in [0.15, 0.2) is 5.96 Å². The molecule has 0 bridgehead atoms. The molecule has 1 aromatic rings. The van der Waals surface area contributed by atoms with Crippen molar-refractivity contribution in [2.24, 2.45) is 4.99 Å². The average molecular weight is 405 g/mol. The smallest absolute Gasteiger partial charge is 0.191 e. The molecule has 2 heterocycles. The zero-order valence-electron chi connectivity index (χ0n) is 17.7. The molecule has 2 aliphatic heterocycles. The topological polar surface area (TPSA) is 67.4 Å². The van der Waals surface area contributed by atoms with Crippen LogP contribution in [-0.2, 0) is 27.3 Å². The Bertz CT molecular complexity index is 614. The number of hydrogen-bond acceptors (Lipinski definition) is 5. The predicted molar refractivity (Wildman–Crippen MR) is 115 cm³/mol. The highest BCUT2D eigenvalue weighted by molar-refractivity contribution is 5.79. The highest BCUT2D eigenvalue weighted by atomic mass is 16.5. The second-order valence-corrected chi connectivity index (χ2v) is 7.54. The van der Waals surface area contributed by atoms with Gasteiger partial charge in [-0.05, 0) is 30.9 Å². The van der Waals surface area contributed by atoms with E-state index in [9.17, 15) is 0 Å². The molecule has 2 N–H and O–H groups in total. The fourth-order valence-electron chi connectivity index (χ4n) is 3.53. The van der Waals surface area contributed by atoms with E-state index >= 15 is 0 Å². The average Bonchev–Trinajstić information content (AvgIpc) is 3.26. The van der Waals surface area contributed by atoms with E-state index in [2.05, 4.69) is 46.7 Å². The molecule has 0 aliphatic carbocycles. The Labute approximate surface area is 174 Å². The molecule has 3 rings (SSSR count). The molecule has 0 amide bonds. The molecule has 7 nitrogen and oxygen atoms in total. The predicted octanol–water partition coefficient (Wildman–Crippen LogP) is 1.77. The minimum absolute atomic E-state index is 0.279. The van der Waals surface area contributed by atoms with Crippen LogP contribution in [-0.4, -0.2) is 76.2 Å². The van der Waals surface area contributed by atoms with Gasteiger partial charge in [-0.1, -0.05) is 24.3 Å². The molecule has 162 valence electrons. The molecular weight excluding hydrogens is 368 g/mol. The number of hydrogen-bond donors (Lipinski definition) is 2. The van der Waals surface area contributed by atoms with Crippen molar-refractivity contribution in [1.82, 2.24) is 15.5 Å². The van der Waals surface area contributed by atoms with Gasteiger partial charge in [-0.2, -0.15) is 0 Å². The SMILES string of the molecule is CCNC(=NCc1cccc(CN2CCOCC2)c1)NCCCOC1CCOC1. The molecule has 29 heavy (non-hydrogen) atoms. The summed E-state index contributed by atoms with van der Waals surface area (Å²) in [6.07, 6.45) is 2.25. The van der Waals surface area contributed by atoms with Gasteiger partial charge in [0.2, 0.25) is 0 Å². The van der Waals surface area contributed by atoms with Crippen molar-refractivity contribution in [2.45, 2.75) is 39.0 Å². The van der Waals surface area contributed by atoms with Gasteiger partial charge >= 0.3 is 0 Å². The zero-order valence-corrected chi connectivity index (χ0v) is 17.7. The molecule has 1 unspecified atom stereocenters. The first-order chi connectivity index (χ1) is 14.3. The minimum atomic E-state index is 0.279. The number of benzene rings is 1. The molecule has 7 heteroatoms. The van der Waals surface area contributed by atoms with Crippen LogP contribution in [0.4, 0.5) is 0 Å². The summed E-state index contributed by atoms with van der Waals surface area (Å²) in [6, 6.07) is 8.74. The van der Waals surface area contributed by atoms with Crippen LogP contribution in [0, 0.1) is 0 Å². The van der Waals surface area contributed by atoms with Crippen LogP contribution in [0.1, 0.15) is 30.9 Å². The normalized spacial score (nSPS) is 20.7. The third kappa shape index (κ3) is 8.30. The Balaban J connectivity index is 1.41. The Morgan fingerprint density at radius 1 is 1.17 bits per heavy atom. The van der Waals surface area contributed by atoms with Gasteiger partial charge in [-0.15, -0.1) is 0 Å². The Kier molecular flexibility index (Phi) is 9.72. The van der Waals surface area contributed by atoms with E-state index in [-0.39, 0.29) is 6.10 Å². The largest absolute Gasteiger partial charge is 0.379 e. The first-order valence-electron chi connectivity index (χ1n) is 10.9. The summed E-state index contributed by atoms with van der Waals surface area (Å²) in [6.45, 7) is 11.4. The molecule has 1 atom stereocenters. The van der Waals surface area contributed by atoms with Crippen LogP contribution >= 0.6 is 0 Å². The van der Waals surface area contributed by atoms with Gasteiger partial charge in [0.1, 0.15) is 0 Å². The quantitative estimate of drug-likeness (QED) is 0.352. The number of nitrogens with one attached hydrogen (secondary N) is 2. The summed E-state index contributed by atoms with van der Waals surface area (Å²) in [5.41, 5.74) is 2.57. The van der Waals surface area contributed by atoms with E-state index in [0.29, 0.717) is 6.54 Å². The van der Waals surface area contributed by atoms with Crippen LogP contribution < -0.4 is 10.6 Å². The summed E-state index contributed by atoms with van der Waals surface area (Å²) >= 11 is 0. The number of nitrogens with zero attached hydrogens (tertiary/aromatic N) is 2. The summed E-state index contributed by atoms with van der Waals surface area (Å²) in [7, 11) is 0. The maximum Gasteiger partial charge on any atom is 0.191 e. The van der Waals surface area contributed by atoms with Crippen LogP contribution in [0.5, 0.6) is 0 Å². The molecule has 0 radical (unpaired) electrons. The van der Waals surface area contributed by atoms with Gasteiger partial charge in [0.25, 0.3) is 0 Å². The zero-order chi connectivity index (χ0) is 20.2. The van der Waals surface area contributed by atoms with E-state index < -0.39 is 0 Å². The molecule has 1 aromatic carbocycles. The van der Waals surface area contributed by atoms with Gasteiger partial charge in [-0.3, -0.25) is 4.90 Å². The third-order valence-electron chi connectivity index (χ3n) is 5.12. The summed E-state index contributed by atoms with van der Waals surface area (Å²) < 4.78 is 16.6. The number of rotatable bonds is 10. The van der Waals surface area contributed by atoms with Crippen LogP contribution in [0.15, 0.2) is 29.3 Å². The number of aliphatic imine (C=N–C) groups is 1. The first-order valence-corrected chi connectivity index (χ1v) is 10.9. The van der Waals surface area contributed by atoms with E-state index in [0.717, 1.165) is 84.6 Å². The van der Waals surface area contributed by atoms with Crippen molar-refractivity contribution < 1.29 is 14.2 Å². The van der Waals surface area contributed by atoms with Crippen LogP contribution in [0.25, 0.3) is 0 Å². The Morgan fingerprint density at radius 2 is 2.03 bits per heavy atom. The molecule has 2 fully saturated rings. The fraction of sp³-hybridized carbons (Fsp3) is 0.682. The monoisotopic (exact) mass is 404 g/mol. The second-order valence-electron chi connectivity index (χ2n) is 7.54. The van der Waals surface area contributed by atoms with Crippen molar-refractivity contribution in [2.75, 3.05) is 59.2 Å². The highest BCUT2D eigenvalue weighted by Crippen LogP contribution is 2.11. The van der Waals surface area contributed by atoms with Crippen molar-refractivity contribution in [3.63, 3.8) is 0 Å². The lowest BCUT2D eigenvalue weighted by Crippen LogP contribution is -2.38. The molecule has 0 saturated carbocycles. The van der Waals surface area contributed by atoms with E-state index in [1.165, 1.54) is 11.1 Å². The Hall–Kier alpha value is -1.67. The molecule has 2 saturated heterocycles. The maximum atomic E-state index is 5.81. The summed E-state index contributed by atoms with van der Waals surface area (Å²) in [5.74, 6) is 0.857. The fourth-order valence-corrected chi connectivity index (χ4v) is 3.53. The third-order valence-corrected chi connectivity index (χ3v) is 5.12. The number of guanidine groups is 1. The van der Waals surface area contributed by atoms with E-state index in [1.807, 2.05) is 0 Å². The van der Waals surface area contributed by atoms with E-state index in [4.69, 9.17) is 19.2 Å². The van der Waals surface area contributed by atoms with Crippen LogP contribution in [0.2, 0.25) is 0 Å². The number of ether oxygens (including phenoxy) is 3. The summed E-state index contributed by atoms with van der Waals surface area (Å²) in [4.78, 5) is 7.19. The Morgan fingerprint density at radius 3 is 2.83 bits per heavy atom. The number of morpholine rings is 1. The first kappa shape index (κ1) is 22.0. The van der Waals surface area contributed by atoms with Gasteiger partial charge in [-0.25, -0.2) is 4.99 Å². The molecule has 0 aromatic heterocycles. The van der Waals surface area contributed by atoms with Gasteiger partial charge in [0, 0.05) is 45.9 Å². The molecular formula is C22H36N4O3. The minimum Gasteiger partial charge on any atom is -0.379 e. The molecule has 2 aliphatic rings. The van der Waals surface area contributed by atoms with Crippen molar-refractivity contribution >= 4 is 5.96 Å². The maximum absolute atomic E-state index is 5.81. The van der Waals surface area contributed by atoms with Crippen LogP contribution in [0.3, 0.4) is 0 Å². The lowest BCUT2D eigenvalue weighted by Gasteiger charge is -2.26. The van der Waals surface area contributed by atoms with Gasteiger partial charge in [0.05, 0.1) is 32.5 Å². The van der Waals surface area contributed by atoms with Gasteiger partial charge < -0.3 is 24.8 Å². The molecule has 0 spiro atoms. The standard InChI is InChI=1S/C22H36N4O3/c1-2-23-22(24-8-4-11-29-21-7-12-28-18-21)25-16-19-5-3-6-20(15-19)17-26-9-13-27-14-10-26/h3,5-6,15,21H,2,4,7-14,16-18H2,1H3,(H2,23,24,25). The van der Waals surface area contributed by atoms with E-state index in [1.54, 1.807) is 0 Å². The highest BCUT2D eigenvalue weighted by Gasteiger charge is 2.15. The van der Waals surface area contributed by atoms with Crippen molar-refractivity contribution in [1.29, 1.82) is 0 Å². The lowest BCUT2D eigenvalue weighted by atomic mass is 10.1.